The van der Waals surface area contributed by atoms with E-state index in [0.29, 0.717) is 6.04 Å². The van der Waals surface area contributed by atoms with Crippen LogP contribution in [-0.2, 0) is 0 Å². The molecule has 0 amide bonds. The van der Waals surface area contributed by atoms with Crippen LogP contribution in [0.1, 0.15) is 20.4 Å². The highest BCUT2D eigenvalue weighted by Gasteiger charge is 2.07. The van der Waals surface area contributed by atoms with Crippen LogP contribution in [0.5, 0.6) is 0 Å². The minimum absolute atomic E-state index is 0.466. The lowest BCUT2D eigenvalue weighted by atomic mass is 10.1. The molecule has 0 bridgehead atoms. The van der Waals surface area contributed by atoms with Crippen molar-refractivity contribution in [1.29, 1.82) is 0 Å². The van der Waals surface area contributed by atoms with Gasteiger partial charge in [0.05, 0.1) is 7.06 Å². The van der Waals surface area contributed by atoms with Crippen molar-refractivity contribution in [3.8, 4) is 0 Å². The van der Waals surface area contributed by atoms with Crippen molar-refractivity contribution < 1.29 is 1.37 Å². The standard InChI is InChI=1S/C11H11N/c1-9-5-4-6-10(9)11-7-2-3-8-12-11/h2-5,7-8H,6H2,1H3/i3T. The molecule has 0 saturated heterocycles. The summed E-state index contributed by atoms with van der Waals surface area (Å²) in [5.41, 5.74) is 3.56. The monoisotopic (exact) mass is 159 g/mol. The van der Waals surface area contributed by atoms with Crippen LogP contribution in [0.3, 0.4) is 0 Å². The van der Waals surface area contributed by atoms with Crippen molar-refractivity contribution in [3.05, 3.63) is 47.8 Å². The zero-order valence-electron chi connectivity index (χ0n) is 8.04. The molecule has 0 aromatic carbocycles. The van der Waals surface area contributed by atoms with Crippen molar-refractivity contribution in [1.82, 2.24) is 4.98 Å². The Morgan fingerprint density at radius 3 is 3.08 bits per heavy atom. The predicted octanol–water partition coefficient (Wildman–Crippen LogP) is 2.82. The molecular weight excluding hydrogens is 146 g/mol. The first-order valence-corrected chi connectivity index (χ1v) is 4.06. The van der Waals surface area contributed by atoms with Crippen LogP contribution in [0.4, 0.5) is 0 Å². The molecular formula is C11H11N. The molecule has 1 heteroatoms. The molecule has 1 heterocycles. The van der Waals surface area contributed by atoms with E-state index in [2.05, 4.69) is 24.1 Å². The Kier molecular flexibility index (Phi) is 1.51. The molecule has 0 spiro atoms. The molecule has 60 valence electrons. The summed E-state index contributed by atoms with van der Waals surface area (Å²) >= 11 is 0. The summed E-state index contributed by atoms with van der Waals surface area (Å²) in [5.74, 6) is 0. The van der Waals surface area contributed by atoms with Crippen LogP contribution < -0.4 is 0 Å². The Morgan fingerprint density at radius 1 is 1.58 bits per heavy atom. The summed E-state index contributed by atoms with van der Waals surface area (Å²) in [7, 11) is 0. The fraction of sp³-hybridized carbons (Fsp3) is 0.182. The van der Waals surface area contributed by atoms with Crippen LogP contribution >= 0.6 is 0 Å². The second-order valence-electron chi connectivity index (χ2n) is 2.91. The Bertz CT molecular complexity index is 374. The largest absolute Gasteiger partial charge is 0.257 e. The zero-order chi connectivity index (χ0) is 9.26. The van der Waals surface area contributed by atoms with E-state index in [1.807, 2.05) is 6.07 Å². The van der Waals surface area contributed by atoms with E-state index in [4.69, 9.17) is 1.37 Å². The minimum atomic E-state index is 0.466. The third-order valence-electron chi connectivity index (χ3n) is 2.09. The fourth-order valence-corrected chi connectivity index (χ4v) is 1.42. The first kappa shape index (κ1) is 6.18. The van der Waals surface area contributed by atoms with E-state index in [1.54, 1.807) is 12.3 Å². The maximum atomic E-state index is 7.32. The van der Waals surface area contributed by atoms with Gasteiger partial charge in [-0.1, -0.05) is 18.2 Å². The maximum Gasteiger partial charge on any atom is 0.0667 e. The number of nitrogens with zero attached hydrogens (tertiary/aromatic N) is 1. The summed E-state index contributed by atoms with van der Waals surface area (Å²) < 4.78 is 7.32. The van der Waals surface area contributed by atoms with E-state index in [0.717, 1.165) is 12.1 Å². The molecule has 1 aromatic heterocycles. The van der Waals surface area contributed by atoms with E-state index >= 15 is 0 Å². The molecule has 0 N–H and O–H groups in total. The number of allylic oxidation sites excluding steroid dienone is 4. The SMILES string of the molecule is [3H]c1ccc(C2=C(C)C=CC2)nc1. The van der Waals surface area contributed by atoms with Gasteiger partial charge in [0.2, 0.25) is 0 Å². The van der Waals surface area contributed by atoms with Crippen molar-refractivity contribution in [3.63, 3.8) is 0 Å². The molecule has 12 heavy (non-hydrogen) atoms. The van der Waals surface area contributed by atoms with Crippen LogP contribution in [0, 0.1) is 0 Å². The van der Waals surface area contributed by atoms with Crippen molar-refractivity contribution in [2.75, 3.05) is 0 Å². The topological polar surface area (TPSA) is 12.9 Å². The molecule has 0 saturated carbocycles. The first-order chi connectivity index (χ1) is 6.27. The molecule has 0 aliphatic heterocycles. The van der Waals surface area contributed by atoms with Gasteiger partial charge in [-0.15, -0.1) is 0 Å². The molecule has 2 rings (SSSR count). The summed E-state index contributed by atoms with van der Waals surface area (Å²) in [4.78, 5) is 4.23. The highest BCUT2D eigenvalue weighted by molar-refractivity contribution is 5.71. The Balaban J connectivity index is 2.37. The summed E-state index contributed by atoms with van der Waals surface area (Å²) in [6.45, 7) is 2.09. The molecule has 1 nitrogen and oxygen atoms in total. The smallest absolute Gasteiger partial charge is 0.0667 e. The predicted molar refractivity (Wildman–Crippen MR) is 50.6 cm³/mol. The average molecular weight is 159 g/mol. The normalized spacial score (nSPS) is 16.9. The van der Waals surface area contributed by atoms with Crippen molar-refractivity contribution in [2.24, 2.45) is 0 Å². The minimum Gasteiger partial charge on any atom is -0.257 e. The third-order valence-corrected chi connectivity index (χ3v) is 2.09. The summed E-state index contributed by atoms with van der Waals surface area (Å²) in [6, 6.07) is 4.16. The van der Waals surface area contributed by atoms with E-state index in [1.165, 1.54) is 11.1 Å². The van der Waals surface area contributed by atoms with Gasteiger partial charge in [-0.2, -0.15) is 0 Å². The number of pyridine rings is 1. The molecule has 0 radical (unpaired) electrons. The van der Waals surface area contributed by atoms with Crippen molar-refractivity contribution in [2.45, 2.75) is 13.3 Å². The van der Waals surface area contributed by atoms with Gasteiger partial charge in [-0.3, -0.25) is 4.98 Å². The van der Waals surface area contributed by atoms with Gasteiger partial charge in [0.1, 0.15) is 0 Å². The highest BCUT2D eigenvalue weighted by atomic mass is 14.7. The molecule has 1 aromatic rings. The Labute approximate surface area is 73.9 Å². The van der Waals surface area contributed by atoms with Gasteiger partial charge in [0, 0.05) is 6.20 Å². The van der Waals surface area contributed by atoms with Gasteiger partial charge < -0.3 is 0 Å². The Morgan fingerprint density at radius 2 is 2.50 bits per heavy atom. The van der Waals surface area contributed by atoms with Crippen LogP contribution in [0.25, 0.3) is 5.57 Å². The van der Waals surface area contributed by atoms with Crippen molar-refractivity contribution >= 4 is 5.57 Å². The van der Waals surface area contributed by atoms with E-state index in [-0.39, 0.29) is 0 Å². The van der Waals surface area contributed by atoms with Gasteiger partial charge in [-0.25, -0.2) is 0 Å². The third kappa shape index (κ3) is 1.18. The molecule has 0 unspecified atom stereocenters. The average Bonchev–Trinajstić information content (AvgIpc) is 2.53. The van der Waals surface area contributed by atoms with Gasteiger partial charge in [0.25, 0.3) is 0 Å². The quantitative estimate of drug-likeness (QED) is 0.614. The van der Waals surface area contributed by atoms with Crippen LogP contribution in [-0.4, -0.2) is 4.98 Å². The summed E-state index contributed by atoms with van der Waals surface area (Å²) in [6.07, 6.45) is 6.82. The van der Waals surface area contributed by atoms with Gasteiger partial charge in [0.15, 0.2) is 0 Å². The number of hydrogen-bond donors (Lipinski definition) is 0. The lowest BCUT2D eigenvalue weighted by Gasteiger charge is -2.01. The molecule has 1 aliphatic carbocycles. The van der Waals surface area contributed by atoms with Gasteiger partial charge in [-0.05, 0) is 36.6 Å². The molecule has 0 atom stereocenters. The number of rotatable bonds is 1. The van der Waals surface area contributed by atoms with Crippen LogP contribution in [0.2, 0.25) is 0 Å². The second kappa shape index (κ2) is 2.94. The highest BCUT2D eigenvalue weighted by Crippen LogP contribution is 2.26. The lowest BCUT2D eigenvalue weighted by molar-refractivity contribution is 1.24. The summed E-state index contributed by atoms with van der Waals surface area (Å²) in [5, 5.41) is 0. The second-order valence-corrected chi connectivity index (χ2v) is 2.91. The van der Waals surface area contributed by atoms with E-state index in [9.17, 15) is 0 Å². The molecule has 1 aliphatic rings. The fourth-order valence-electron chi connectivity index (χ4n) is 1.42. The lowest BCUT2D eigenvalue weighted by Crippen LogP contribution is -1.86. The Hall–Kier alpha value is -1.37. The number of hydrogen-bond acceptors (Lipinski definition) is 1. The van der Waals surface area contributed by atoms with E-state index < -0.39 is 0 Å². The van der Waals surface area contributed by atoms with Crippen LogP contribution in [0.15, 0.2) is 42.1 Å². The van der Waals surface area contributed by atoms with Gasteiger partial charge >= 0.3 is 0 Å². The number of aromatic nitrogens is 1. The molecule has 0 fully saturated rings. The first-order valence-electron chi connectivity index (χ1n) is 4.56. The zero-order valence-corrected chi connectivity index (χ0v) is 7.04. The maximum absolute atomic E-state index is 7.32.